The number of nitrogens with one attached hydrogen (secondary N) is 2. The van der Waals surface area contributed by atoms with E-state index in [1.807, 2.05) is 50.2 Å². The summed E-state index contributed by atoms with van der Waals surface area (Å²) in [6.07, 6.45) is 1.48. The van der Waals surface area contributed by atoms with E-state index < -0.39 is 11.8 Å². The molecule has 0 unspecified atom stereocenters. The van der Waals surface area contributed by atoms with Crippen molar-refractivity contribution in [1.82, 2.24) is 5.43 Å². The Morgan fingerprint density at radius 3 is 2.39 bits per heavy atom. The molecule has 5 nitrogen and oxygen atoms in total. The number of hydrogen-bond acceptors (Lipinski definition) is 3. The lowest BCUT2D eigenvalue weighted by Crippen LogP contribution is -2.32. The Bertz CT molecular complexity index is 755. The van der Waals surface area contributed by atoms with Gasteiger partial charge in [0.2, 0.25) is 0 Å². The lowest BCUT2D eigenvalue weighted by Gasteiger charge is -2.08. The topological polar surface area (TPSA) is 70.6 Å². The maximum atomic E-state index is 11.8. The Balaban J connectivity index is 1.92. The fourth-order valence-corrected chi connectivity index (χ4v) is 2.26. The van der Waals surface area contributed by atoms with Gasteiger partial charge < -0.3 is 5.32 Å². The van der Waals surface area contributed by atoms with Crippen LogP contribution in [0.5, 0.6) is 0 Å². The molecule has 0 bridgehead atoms. The van der Waals surface area contributed by atoms with Crippen molar-refractivity contribution in [2.75, 3.05) is 5.32 Å². The van der Waals surface area contributed by atoms with Gasteiger partial charge in [-0.1, -0.05) is 29.8 Å². The number of hydrogen-bond donors (Lipinski definition) is 2. The molecule has 0 aromatic heterocycles. The van der Waals surface area contributed by atoms with E-state index in [4.69, 9.17) is 0 Å². The zero-order chi connectivity index (χ0) is 16.8. The number of carbonyl (C=O) groups is 2. The molecule has 2 N–H and O–H groups in total. The molecular formula is C17H16IN3O2. The number of hydrazone groups is 1. The molecule has 2 aromatic carbocycles. The third kappa shape index (κ3) is 5.17. The van der Waals surface area contributed by atoms with Gasteiger partial charge in [-0.05, 0) is 65.8 Å². The molecule has 0 radical (unpaired) electrons. The maximum Gasteiger partial charge on any atom is 0.329 e. The molecule has 0 saturated heterocycles. The summed E-state index contributed by atoms with van der Waals surface area (Å²) in [5.74, 6) is -1.57. The van der Waals surface area contributed by atoms with Gasteiger partial charge in [-0.15, -0.1) is 0 Å². The van der Waals surface area contributed by atoms with Crippen LogP contribution in [0.4, 0.5) is 5.69 Å². The molecule has 0 aliphatic heterocycles. The highest BCUT2D eigenvalue weighted by Crippen LogP contribution is 2.15. The molecule has 0 spiro atoms. The van der Waals surface area contributed by atoms with Gasteiger partial charge in [0.1, 0.15) is 0 Å². The summed E-state index contributed by atoms with van der Waals surface area (Å²) >= 11 is 2.20. The van der Waals surface area contributed by atoms with Gasteiger partial charge in [-0.2, -0.15) is 5.10 Å². The van der Waals surface area contributed by atoms with Crippen molar-refractivity contribution in [3.05, 3.63) is 62.7 Å². The summed E-state index contributed by atoms with van der Waals surface area (Å²) in [5.41, 5.74) is 5.64. The van der Waals surface area contributed by atoms with Crippen molar-refractivity contribution >= 4 is 46.3 Å². The Morgan fingerprint density at radius 2 is 1.74 bits per heavy atom. The summed E-state index contributed by atoms with van der Waals surface area (Å²) in [4.78, 5) is 23.6. The van der Waals surface area contributed by atoms with Crippen molar-refractivity contribution in [2.45, 2.75) is 13.8 Å². The largest absolute Gasteiger partial charge is 0.329 e. The molecule has 23 heavy (non-hydrogen) atoms. The number of rotatable bonds is 3. The number of anilines is 1. The fraction of sp³-hybridized carbons (Fsp3) is 0.118. The minimum atomic E-state index is -0.813. The standard InChI is InChI=1S/C17H16IN3O2/c1-11-3-8-15(12(2)9-11)20-16(22)17(23)21-19-10-13-4-6-14(18)7-5-13/h3-10H,1-2H3,(H,20,22)(H,21,23)/b19-10-. The second-order valence-corrected chi connectivity index (χ2v) is 6.27. The Labute approximate surface area is 148 Å². The molecule has 0 fully saturated rings. The smallest absolute Gasteiger partial charge is 0.317 e. The zero-order valence-electron chi connectivity index (χ0n) is 12.8. The van der Waals surface area contributed by atoms with Crippen molar-refractivity contribution in [3.63, 3.8) is 0 Å². The van der Waals surface area contributed by atoms with E-state index in [2.05, 4.69) is 38.4 Å². The first-order valence-electron chi connectivity index (χ1n) is 6.93. The lowest BCUT2D eigenvalue weighted by atomic mass is 10.1. The van der Waals surface area contributed by atoms with E-state index in [1.54, 1.807) is 6.07 Å². The summed E-state index contributed by atoms with van der Waals surface area (Å²) in [6.45, 7) is 3.83. The van der Waals surface area contributed by atoms with Crippen molar-refractivity contribution in [3.8, 4) is 0 Å². The predicted octanol–water partition coefficient (Wildman–Crippen LogP) is 3.00. The number of carbonyl (C=O) groups excluding carboxylic acids is 2. The summed E-state index contributed by atoms with van der Waals surface area (Å²) in [6, 6.07) is 13.2. The Kier molecular flexibility index (Phi) is 5.86. The van der Waals surface area contributed by atoms with Gasteiger partial charge in [0.25, 0.3) is 0 Å². The van der Waals surface area contributed by atoms with Crippen LogP contribution >= 0.6 is 22.6 Å². The second kappa shape index (κ2) is 7.87. The second-order valence-electron chi connectivity index (χ2n) is 5.02. The summed E-state index contributed by atoms with van der Waals surface area (Å²) in [7, 11) is 0. The first-order valence-corrected chi connectivity index (χ1v) is 8.01. The van der Waals surface area contributed by atoms with E-state index >= 15 is 0 Å². The van der Waals surface area contributed by atoms with E-state index in [0.717, 1.165) is 20.3 Å². The van der Waals surface area contributed by atoms with Crippen LogP contribution in [0.2, 0.25) is 0 Å². The Hall–Kier alpha value is -2.22. The predicted molar refractivity (Wildman–Crippen MR) is 99.4 cm³/mol. The first kappa shape index (κ1) is 17.1. The van der Waals surface area contributed by atoms with Crippen molar-refractivity contribution in [1.29, 1.82) is 0 Å². The molecule has 118 valence electrons. The van der Waals surface area contributed by atoms with Gasteiger partial charge in [0.05, 0.1) is 6.21 Å². The molecule has 2 aromatic rings. The quantitative estimate of drug-likeness (QED) is 0.346. The SMILES string of the molecule is Cc1ccc(NC(=O)C(=O)N/N=C\c2ccc(I)cc2)c(C)c1. The number of benzene rings is 2. The van der Waals surface area contributed by atoms with Crippen LogP contribution in [0.1, 0.15) is 16.7 Å². The maximum absolute atomic E-state index is 11.8. The first-order chi connectivity index (χ1) is 11.0. The number of aryl methyl sites for hydroxylation is 2. The highest BCUT2D eigenvalue weighted by molar-refractivity contribution is 14.1. The molecule has 6 heteroatoms. The number of nitrogens with zero attached hydrogens (tertiary/aromatic N) is 1. The average Bonchev–Trinajstić information content (AvgIpc) is 2.51. The van der Waals surface area contributed by atoms with Crippen LogP contribution in [0.3, 0.4) is 0 Å². The molecule has 0 aliphatic carbocycles. The normalized spacial score (nSPS) is 10.6. The van der Waals surface area contributed by atoms with Crippen LogP contribution in [0, 0.1) is 17.4 Å². The highest BCUT2D eigenvalue weighted by Gasteiger charge is 2.13. The van der Waals surface area contributed by atoms with Gasteiger partial charge >= 0.3 is 11.8 Å². The molecule has 0 heterocycles. The van der Waals surface area contributed by atoms with Gasteiger partial charge in [0, 0.05) is 9.26 Å². The van der Waals surface area contributed by atoms with Gasteiger partial charge in [0.15, 0.2) is 0 Å². The van der Waals surface area contributed by atoms with E-state index in [1.165, 1.54) is 6.21 Å². The minimum Gasteiger partial charge on any atom is -0.317 e. The third-order valence-corrected chi connectivity index (χ3v) is 3.81. The average molecular weight is 421 g/mol. The molecule has 0 atom stereocenters. The molecule has 2 amide bonds. The lowest BCUT2D eigenvalue weighted by molar-refractivity contribution is -0.136. The number of amides is 2. The van der Waals surface area contributed by atoms with Crippen molar-refractivity contribution < 1.29 is 9.59 Å². The van der Waals surface area contributed by atoms with E-state index in [9.17, 15) is 9.59 Å². The third-order valence-electron chi connectivity index (χ3n) is 3.09. The van der Waals surface area contributed by atoms with E-state index in [-0.39, 0.29) is 0 Å². The fourth-order valence-electron chi connectivity index (χ4n) is 1.90. The molecule has 0 aliphatic rings. The minimum absolute atomic E-state index is 0.609. The zero-order valence-corrected chi connectivity index (χ0v) is 14.9. The summed E-state index contributed by atoms with van der Waals surface area (Å²) < 4.78 is 1.11. The highest BCUT2D eigenvalue weighted by atomic mass is 127. The monoisotopic (exact) mass is 421 g/mol. The van der Waals surface area contributed by atoms with Crippen LogP contribution in [-0.4, -0.2) is 18.0 Å². The molecular weight excluding hydrogens is 405 g/mol. The van der Waals surface area contributed by atoms with Crippen LogP contribution in [0.15, 0.2) is 47.6 Å². The van der Waals surface area contributed by atoms with Crippen LogP contribution in [0.25, 0.3) is 0 Å². The summed E-state index contributed by atoms with van der Waals surface area (Å²) in [5, 5.41) is 6.35. The van der Waals surface area contributed by atoms with Crippen LogP contribution < -0.4 is 10.7 Å². The van der Waals surface area contributed by atoms with Crippen molar-refractivity contribution in [2.24, 2.45) is 5.10 Å². The van der Waals surface area contributed by atoms with Gasteiger partial charge in [-0.25, -0.2) is 5.43 Å². The van der Waals surface area contributed by atoms with E-state index in [0.29, 0.717) is 5.69 Å². The molecule has 0 saturated carbocycles. The number of halogens is 1. The Morgan fingerprint density at radius 1 is 1.04 bits per heavy atom. The van der Waals surface area contributed by atoms with Gasteiger partial charge in [-0.3, -0.25) is 9.59 Å². The van der Waals surface area contributed by atoms with Crippen LogP contribution in [-0.2, 0) is 9.59 Å². The molecule has 2 rings (SSSR count).